The number of unbranched alkanes of at least 4 members (excludes halogenated alkanes) is 38. The first-order valence-electron chi connectivity index (χ1n) is 40.2. The zero-order chi connectivity index (χ0) is 73.2. The third kappa shape index (κ3) is 72.8. The van der Waals surface area contributed by atoms with Crippen LogP contribution >= 0.6 is 15.6 Å². The lowest BCUT2D eigenvalue weighted by Gasteiger charge is -2.21. The van der Waals surface area contributed by atoms with E-state index in [1.807, 2.05) is 0 Å². The molecule has 582 valence electrons. The van der Waals surface area contributed by atoms with Gasteiger partial charge in [0.1, 0.15) is 19.3 Å². The number of carbonyl (C=O) groups excluding carboxylic acids is 4. The molecule has 0 aliphatic heterocycles. The molecule has 5 unspecified atom stereocenters. The molecule has 19 heteroatoms. The molecule has 0 saturated carbocycles. The van der Waals surface area contributed by atoms with Crippen molar-refractivity contribution in [2.24, 2.45) is 0 Å². The number of hydrogen-bond acceptors (Lipinski definition) is 15. The summed E-state index contributed by atoms with van der Waals surface area (Å²) < 4.78 is 68.6. The highest BCUT2D eigenvalue weighted by molar-refractivity contribution is 7.47. The van der Waals surface area contributed by atoms with Gasteiger partial charge in [-0.1, -0.05) is 312 Å². The Labute approximate surface area is 609 Å². The minimum atomic E-state index is -4.98. The van der Waals surface area contributed by atoms with Crippen LogP contribution in [0.5, 0.6) is 0 Å². The van der Waals surface area contributed by atoms with Crippen molar-refractivity contribution in [1.82, 2.24) is 0 Å². The third-order valence-corrected chi connectivity index (χ3v) is 19.1. The molecule has 0 rings (SSSR count). The summed E-state index contributed by atoms with van der Waals surface area (Å²) in [5.74, 6) is -2.20. The van der Waals surface area contributed by atoms with Crippen molar-refractivity contribution < 1.29 is 80.2 Å². The van der Waals surface area contributed by atoms with E-state index in [2.05, 4.69) is 101 Å². The van der Waals surface area contributed by atoms with Crippen LogP contribution in [0.25, 0.3) is 0 Å². The number of carbonyl (C=O) groups is 4. The molecule has 0 radical (unpaired) electrons. The van der Waals surface area contributed by atoms with Crippen molar-refractivity contribution in [3.8, 4) is 0 Å². The van der Waals surface area contributed by atoms with Crippen LogP contribution in [-0.2, 0) is 65.4 Å². The average Bonchev–Trinajstić information content (AvgIpc) is 1.01. The predicted molar refractivity (Wildman–Crippen MR) is 409 cm³/mol. The maximum absolute atomic E-state index is 13.1. The van der Waals surface area contributed by atoms with Gasteiger partial charge in [0, 0.05) is 25.7 Å². The number of rotatable bonds is 76. The summed E-state index contributed by atoms with van der Waals surface area (Å²) in [5.41, 5.74) is 0. The summed E-state index contributed by atoms with van der Waals surface area (Å²) in [6, 6.07) is 0. The van der Waals surface area contributed by atoms with Crippen LogP contribution in [0.2, 0.25) is 0 Å². The summed E-state index contributed by atoms with van der Waals surface area (Å²) in [5, 5.41) is 10.6. The summed E-state index contributed by atoms with van der Waals surface area (Å²) in [6.45, 7) is 4.75. The molecule has 0 aliphatic carbocycles. The smallest absolute Gasteiger partial charge is 0.462 e. The molecule has 0 heterocycles. The number of allylic oxidation sites excluding steroid dienone is 12. The Morgan fingerprint density at radius 3 is 0.840 bits per heavy atom. The third-order valence-electron chi connectivity index (χ3n) is 17.2. The monoisotopic (exact) mass is 1450 g/mol. The highest BCUT2D eigenvalue weighted by atomic mass is 31.2. The Morgan fingerprint density at radius 2 is 0.520 bits per heavy atom. The van der Waals surface area contributed by atoms with Crippen molar-refractivity contribution in [1.29, 1.82) is 0 Å². The van der Waals surface area contributed by atoms with Gasteiger partial charge in [-0.15, -0.1) is 0 Å². The van der Waals surface area contributed by atoms with Crippen molar-refractivity contribution in [3.63, 3.8) is 0 Å². The van der Waals surface area contributed by atoms with E-state index in [-0.39, 0.29) is 25.7 Å². The molecule has 0 fully saturated rings. The number of phosphoric ester groups is 2. The number of phosphoric acid groups is 2. The van der Waals surface area contributed by atoms with Gasteiger partial charge >= 0.3 is 39.5 Å². The molecule has 3 N–H and O–H groups in total. The van der Waals surface area contributed by atoms with Crippen LogP contribution in [-0.4, -0.2) is 96.7 Å². The van der Waals surface area contributed by atoms with E-state index in [9.17, 15) is 43.2 Å². The lowest BCUT2D eigenvalue weighted by Crippen LogP contribution is -2.30. The molecule has 0 bridgehead atoms. The minimum absolute atomic E-state index is 0.0912. The second-order valence-electron chi connectivity index (χ2n) is 27.0. The molecule has 100 heavy (non-hydrogen) atoms. The standard InChI is InChI=1S/C81H146O17P2/c1-5-9-13-17-21-25-29-33-37-41-45-49-53-57-61-65-78(83)91-71-76(97-80(85)67-63-59-55-51-47-43-39-35-31-27-23-19-15-11-7-3)73-95-99(87,88)93-69-75(82)70-94-100(89,90)96-74-77(98-81(86)68-64-60-56-52-48-44-40-36-32-28-24-20-16-12-8-4)72-92-79(84)66-62-58-54-50-46-42-38-34-30-26-22-18-14-10-6-2/h9,13,21-22,25-26,33-34,37-38,45,49,75-77,82H,5-8,10-12,14-20,23-24,27-32,35-36,39-44,46-48,50-74H2,1-4H3,(H,87,88)(H,89,90)/b13-9-,25-21-,26-22-,37-33-,38-34-,49-45-. The molecule has 0 amide bonds. The summed E-state index contributed by atoms with van der Waals surface area (Å²) in [7, 11) is -9.95. The number of hydrogen-bond donors (Lipinski definition) is 3. The quantitative estimate of drug-likeness (QED) is 0.0169. The van der Waals surface area contributed by atoms with Crippen LogP contribution in [0, 0.1) is 0 Å². The molecule has 0 aliphatic rings. The summed E-state index contributed by atoms with van der Waals surface area (Å²) in [6.07, 6.45) is 74.5. The molecule has 0 spiro atoms. The Balaban J connectivity index is 5.36. The first-order valence-corrected chi connectivity index (χ1v) is 43.2. The van der Waals surface area contributed by atoms with Gasteiger partial charge in [0.05, 0.1) is 26.4 Å². The fourth-order valence-corrected chi connectivity index (χ4v) is 12.6. The summed E-state index contributed by atoms with van der Waals surface area (Å²) in [4.78, 5) is 73.0. The highest BCUT2D eigenvalue weighted by Crippen LogP contribution is 2.45. The number of esters is 4. The fourth-order valence-electron chi connectivity index (χ4n) is 11.1. The van der Waals surface area contributed by atoms with E-state index >= 15 is 0 Å². The van der Waals surface area contributed by atoms with Gasteiger partial charge in [-0.2, -0.15) is 0 Å². The van der Waals surface area contributed by atoms with Crippen molar-refractivity contribution in [2.45, 2.75) is 380 Å². The maximum atomic E-state index is 13.1. The highest BCUT2D eigenvalue weighted by Gasteiger charge is 2.30. The molecule has 0 aromatic heterocycles. The zero-order valence-electron chi connectivity index (χ0n) is 63.6. The average molecular weight is 1450 g/mol. The van der Waals surface area contributed by atoms with Gasteiger partial charge in [0.15, 0.2) is 12.2 Å². The fraction of sp³-hybridized carbons (Fsp3) is 0.802. The Morgan fingerprint density at radius 1 is 0.290 bits per heavy atom. The first kappa shape index (κ1) is 96.5. The van der Waals surface area contributed by atoms with E-state index in [0.29, 0.717) is 25.7 Å². The molecule has 0 saturated heterocycles. The maximum Gasteiger partial charge on any atom is 0.472 e. The van der Waals surface area contributed by atoms with Gasteiger partial charge in [0.2, 0.25) is 0 Å². The van der Waals surface area contributed by atoms with Crippen LogP contribution in [0.15, 0.2) is 72.9 Å². The van der Waals surface area contributed by atoms with Gasteiger partial charge in [0.25, 0.3) is 0 Å². The second kappa shape index (κ2) is 73.8. The van der Waals surface area contributed by atoms with Crippen molar-refractivity contribution >= 4 is 39.5 Å². The number of aliphatic hydroxyl groups is 1. The molecule has 17 nitrogen and oxygen atoms in total. The zero-order valence-corrected chi connectivity index (χ0v) is 65.4. The van der Waals surface area contributed by atoms with Crippen LogP contribution in [0.3, 0.4) is 0 Å². The molecular formula is C81H146O17P2. The van der Waals surface area contributed by atoms with Crippen LogP contribution < -0.4 is 0 Å². The lowest BCUT2D eigenvalue weighted by atomic mass is 10.0. The van der Waals surface area contributed by atoms with E-state index < -0.39 is 97.5 Å². The molecular weight excluding hydrogens is 1310 g/mol. The first-order chi connectivity index (χ1) is 48.7. The predicted octanol–water partition coefficient (Wildman–Crippen LogP) is 23.2. The van der Waals surface area contributed by atoms with Crippen LogP contribution in [0.4, 0.5) is 0 Å². The Hall–Kier alpha value is -3.50. The normalized spacial score (nSPS) is 14.3. The largest absolute Gasteiger partial charge is 0.472 e. The van der Waals surface area contributed by atoms with Gasteiger partial charge < -0.3 is 33.8 Å². The minimum Gasteiger partial charge on any atom is -0.462 e. The molecule has 5 atom stereocenters. The van der Waals surface area contributed by atoms with Crippen molar-refractivity contribution in [2.75, 3.05) is 39.6 Å². The Kier molecular flexibility index (Phi) is 71.2. The lowest BCUT2D eigenvalue weighted by molar-refractivity contribution is -0.161. The molecule has 0 aromatic rings. The van der Waals surface area contributed by atoms with E-state index in [0.717, 1.165) is 135 Å². The Bertz CT molecular complexity index is 2180. The number of ether oxygens (including phenoxy) is 4. The van der Waals surface area contributed by atoms with E-state index in [1.165, 1.54) is 148 Å². The van der Waals surface area contributed by atoms with Crippen molar-refractivity contribution in [3.05, 3.63) is 72.9 Å². The van der Waals surface area contributed by atoms with Gasteiger partial charge in [-0.25, -0.2) is 9.13 Å². The topological polar surface area (TPSA) is 237 Å². The van der Waals surface area contributed by atoms with Gasteiger partial charge in [-0.3, -0.25) is 37.3 Å². The van der Waals surface area contributed by atoms with Gasteiger partial charge in [-0.05, 0) is 96.3 Å². The number of aliphatic hydroxyl groups excluding tert-OH is 1. The second-order valence-corrected chi connectivity index (χ2v) is 29.9. The van der Waals surface area contributed by atoms with E-state index in [4.69, 9.17) is 37.0 Å². The molecule has 0 aromatic carbocycles. The SMILES string of the molecule is CC/C=C\C/C=C\C/C=C\C/C=C\CCCCC(=O)OCC(COP(=O)(O)OCC(O)COP(=O)(O)OCC(COC(=O)CCCCCCC/C=C\C/C=C\CCCCC)OC(=O)CCCCCCCCCCCCCCCCC)OC(=O)CCCCCCCCCCCCCCCCC. The summed E-state index contributed by atoms with van der Waals surface area (Å²) >= 11 is 0. The van der Waals surface area contributed by atoms with Crippen LogP contribution in [0.1, 0.15) is 362 Å². The van der Waals surface area contributed by atoms with E-state index in [1.54, 1.807) is 0 Å².